The van der Waals surface area contributed by atoms with Crippen molar-refractivity contribution in [1.82, 2.24) is 4.90 Å². The molecule has 4 rings (SSSR count). The molecule has 2 aliphatic heterocycles. The van der Waals surface area contributed by atoms with Gasteiger partial charge >= 0.3 is 0 Å². The number of halogens is 1. The van der Waals surface area contributed by atoms with E-state index < -0.39 is 5.79 Å². The SMILES string of the molecule is COc1ccc(CC2C=CC=CN2CCCC2(c3ccc(F)cc3)OCCO2)cc1. The zero-order valence-electron chi connectivity index (χ0n) is 17.3. The molecule has 5 heteroatoms. The van der Waals surface area contributed by atoms with Gasteiger partial charge in [-0.2, -0.15) is 0 Å². The van der Waals surface area contributed by atoms with Crippen molar-refractivity contribution in [2.75, 3.05) is 26.9 Å². The highest BCUT2D eigenvalue weighted by atomic mass is 19.1. The summed E-state index contributed by atoms with van der Waals surface area (Å²) in [5.74, 6) is -0.148. The lowest BCUT2D eigenvalue weighted by atomic mass is 9.99. The summed E-state index contributed by atoms with van der Waals surface area (Å²) in [5, 5.41) is 0. The van der Waals surface area contributed by atoms with E-state index in [0.29, 0.717) is 19.3 Å². The smallest absolute Gasteiger partial charge is 0.195 e. The highest BCUT2D eigenvalue weighted by Gasteiger charge is 2.38. The van der Waals surface area contributed by atoms with Crippen LogP contribution >= 0.6 is 0 Å². The van der Waals surface area contributed by atoms with Crippen molar-refractivity contribution in [2.45, 2.75) is 31.1 Å². The van der Waals surface area contributed by atoms with Crippen LogP contribution in [0.1, 0.15) is 24.0 Å². The van der Waals surface area contributed by atoms with E-state index in [0.717, 1.165) is 37.1 Å². The van der Waals surface area contributed by atoms with Crippen LogP contribution in [-0.4, -0.2) is 37.8 Å². The van der Waals surface area contributed by atoms with Gasteiger partial charge < -0.3 is 19.1 Å². The Morgan fingerprint density at radius 1 is 1.03 bits per heavy atom. The number of nitrogens with zero attached hydrogens (tertiary/aromatic N) is 1. The van der Waals surface area contributed by atoms with Crippen LogP contribution in [0.25, 0.3) is 0 Å². The summed E-state index contributed by atoms with van der Waals surface area (Å²) in [6.45, 7) is 2.00. The van der Waals surface area contributed by atoms with Gasteiger partial charge in [0.25, 0.3) is 0 Å². The van der Waals surface area contributed by atoms with Crippen LogP contribution in [0.3, 0.4) is 0 Å². The lowest BCUT2D eigenvalue weighted by Crippen LogP contribution is -2.35. The van der Waals surface area contributed by atoms with E-state index in [-0.39, 0.29) is 5.82 Å². The van der Waals surface area contributed by atoms with Crippen LogP contribution in [0.4, 0.5) is 4.39 Å². The molecule has 2 heterocycles. The van der Waals surface area contributed by atoms with E-state index in [1.165, 1.54) is 17.7 Å². The lowest BCUT2D eigenvalue weighted by molar-refractivity contribution is -0.172. The van der Waals surface area contributed by atoms with Gasteiger partial charge in [0.15, 0.2) is 5.79 Å². The second-order valence-electron chi connectivity index (χ2n) is 7.64. The Morgan fingerprint density at radius 2 is 1.77 bits per heavy atom. The molecule has 0 aliphatic carbocycles. The fourth-order valence-electron chi connectivity index (χ4n) is 4.11. The number of allylic oxidation sites excluding steroid dienone is 2. The quantitative estimate of drug-likeness (QED) is 0.626. The van der Waals surface area contributed by atoms with E-state index in [1.54, 1.807) is 19.2 Å². The van der Waals surface area contributed by atoms with Crippen molar-refractivity contribution in [3.8, 4) is 5.75 Å². The number of rotatable bonds is 8. The van der Waals surface area contributed by atoms with Gasteiger partial charge in [0.2, 0.25) is 0 Å². The van der Waals surface area contributed by atoms with Gasteiger partial charge in [0, 0.05) is 18.5 Å². The zero-order valence-corrected chi connectivity index (χ0v) is 17.3. The molecule has 1 saturated heterocycles. The molecule has 0 radical (unpaired) electrons. The summed E-state index contributed by atoms with van der Waals surface area (Å²) < 4.78 is 30.6. The molecule has 0 saturated carbocycles. The molecule has 4 nitrogen and oxygen atoms in total. The topological polar surface area (TPSA) is 30.9 Å². The van der Waals surface area contributed by atoms with Crippen LogP contribution < -0.4 is 4.74 Å². The maximum atomic E-state index is 13.3. The van der Waals surface area contributed by atoms with Crippen LogP contribution in [0.15, 0.2) is 73.0 Å². The summed E-state index contributed by atoms with van der Waals surface area (Å²) in [7, 11) is 1.68. The van der Waals surface area contributed by atoms with Gasteiger partial charge in [-0.05, 0) is 54.9 Å². The van der Waals surface area contributed by atoms with E-state index >= 15 is 0 Å². The fraction of sp³-hybridized carbons (Fsp3) is 0.360. The summed E-state index contributed by atoms with van der Waals surface area (Å²) in [5.41, 5.74) is 2.15. The minimum atomic E-state index is -0.769. The minimum absolute atomic E-state index is 0.251. The Balaban J connectivity index is 1.38. The molecule has 30 heavy (non-hydrogen) atoms. The van der Waals surface area contributed by atoms with Gasteiger partial charge in [-0.3, -0.25) is 0 Å². The second-order valence-corrected chi connectivity index (χ2v) is 7.64. The summed E-state index contributed by atoms with van der Waals surface area (Å²) in [6, 6.07) is 15.0. The van der Waals surface area contributed by atoms with Gasteiger partial charge in [-0.15, -0.1) is 0 Å². The second kappa shape index (κ2) is 9.45. The molecule has 158 valence electrons. The van der Waals surface area contributed by atoms with Crippen LogP contribution in [0.2, 0.25) is 0 Å². The van der Waals surface area contributed by atoms with Crippen molar-refractivity contribution in [1.29, 1.82) is 0 Å². The third kappa shape index (κ3) is 4.74. The van der Waals surface area contributed by atoms with E-state index in [9.17, 15) is 4.39 Å². The standard InChI is InChI=1S/C25H28FNO3/c1-28-24-12-6-20(7-13-24)19-23-5-2-3-15-27(23)16-4-14-25(29-17-18-30-25)21-8-10-22(26)11-9-21/h2-3,5-13,15,23H,4,14,16-19H2,1H3. The van der Waals surface area contributed by atoms with Gasteiger partial charge in [0.05, 0.1) is 26.4 Å². The molecule has 1 unspecified atom stereocenters. The normalized spacial score (nSPS) is 19.9. The monoisotopic (exact) mass is 409 g/mol. The number of hydrogen-bond acceptors (Lipinski definition) is 4. The Labute approximate surface area is 177 Å². The van der Waals surface area contributed by atoms with Crippen LogP contribution in [0, 0.1) is 5.82 Å². The molecule has 0 amide bonds. The Hall–Kier alpha value is -2.63. The third-order valence-corrected chi connectivity index (χ3v) is 5.71. The zero-order chi connectivity index (χ0) is 20.8. The van der Waals surface area contributed by atoms with Gasteiger partial charge in [-0.1, -0.05) is 36.4 Å². The van der Waals surface area contributed by atoms with Crippen LogP contribution in [-0.2, 0) is 21.7 Å². The first-order valence-electron chi connectivity index (χ1n) is 10.5. The first-order valence-corrected chi connectivity index (χ1v) is 10.5. The Morgan fingerprint density at radius 3 is 2.47 bits per heavy atom. The maximum absolute atomic E-state index is 13.3. The van der Waals surface area contributed by atoms with E-state index in [1.807, 2.05) is 12.1 Å². The predicted molar refractivity (Wildman–Crippen MR) is 115 cm³/mol. The first-order chi connectivity index (χ1) is 14.7. The largest absolute Gasteiger partial charge is 0.497 e. The van der Waals surface area contributed by atoms with Crippen molar-refractivity contribution in [3.63, 3.8) is 0 Å². The summed E-state index contributed by atoms with van der Waals surface area (Å²) in [6.07, 6.45) is 11.1. The van der Waals surface area contributed by atoms with Crippen molar-refractivity contribution in [3.05, 3.63) is 89.9 Å². The average molecular weight is 410 g/mol. The number of methoxy groups -OCH3 is 1. The highest BCUT2D eigenvalue weighted by molar-refractivity contribution is 5.29. The van der Waals surface area contributed by atoms with Gasteiger partial charge in [-0.25, -0.2) is 4.39 Å². The maximum Gasteiger partial charge on any atom is 0.195 e. The fourth-order valence-corrected chi connectivity index (χ4v) is 4.11. The molecule has 0 bridgehead atoms. The number of benzene rings is 2. The van der Waals surface area contributed by atoms with E-state index in [2.05, 4.69) is 41.5 Å². The number of hydrogen-bond donors (Lipinski definition) is 0. The number of ether oxygens (including phenoxy) is 3. The molecule has 1 atom stereocenters. The third-order valence-electron chi connectivity index (χ3n) is 5.71. The Kier molecular flexibility index (Phi) is 6.50. The lowest BCUT2D eigenvalue weighted by Gasteiger charge is -2.33. The molecule has 2 aromatic rings. The summed E-state index contributed by atoms with van der Waals surface area (Å²) >= 11 is 0. The molecular formula is C25H28FNO3. The predicted octanol–water partition coefficient (Wildman–Crippen LogP) is 4.81. The summed E-state index contributed by atoms with van der Waals surface area (Å²) in [4.78, 5) is 2.36. The molecule has 0 spiro atoms. The van der Waals surface area contributed by atoms with Crippen molar-refractivity contribution >= 4 is 0 Å². The van der Waals surface area contributed by atoms with Crippen molar-refractivity contribution in [2.24, 2.45) is 0 Å². The minimum Gasteiger partial charge on any atom is -0.497 e. The highest BCUT2D eigenvalue weighted by Crippen LogP contribution is 2.36. The molecule has 2 aromatic carbocycles. The Bertz CT molecular complexity index is 870. The van der Waals surface area contributed by atoms with Crippen LogP contribution in [0.5, 0.6) is 5.75 Å². The van der Waals surface area contributed by atoms with Crippen molar-refractivity contribution < 1.29 is 18.6 Å². The van der Waals surface area contributed by atoms with Gasteiger partial charge in [0.1, 0.15) is 11.6 Å². The first kappa shape index (κ1) is 20.6. The molecule has 0 aromatic heterocycles. The average Bonchev–Trinajstić information content (AvgIpc) is 3.26. The molecule has 1 fully saturated rings. The molecular weight excluding hydrogens is 381 g/mol. The molecule has 2 aliphatic rings. The van der Waals surface area contributed by atoms with E-state index in [4.69, 9.17) is 14.2 Å². The molecule has 0 N–H and O–H groups in total.